The Kier molecular flexibility index (Phi) is 40.7. The number of allylic oxidation sites excluding steroid dienone is 2. The van der Waals surface area contributed by atoms with Gasteiger partial charge in [0, 0.05) is 164 Å². The average molecular weight is 571 g/mol. The molecule has 0 unspecified atom stereocenters. The Bertz CT molecular complexity index is 181. The summed E-state index contributed by atoms with van der Waals surface area (Å²) < 4.78 is 10.5. The second kappa shape index (κ2) is 17.1. The van der Waals surface area contributed by atoms with Gasteiger partial charge in [0.15, 0.2) is 0 Å². The molecule has 0 aromatic rings. The molecule has 1 aliphatic heterocycles. The standard InChI is InChI=1S/C6H6OS.5Y/c1-5-3-8(7)4-6(5)2;;;;;/h1-2H3;;;;;/q-2;;;;;. The smallest absolute Gasteiger partial charge is 0 e. The Morgan fingerprint density at radius 3 is 1.15 bits per heavy atom. The minimum atomic E-state index is -1.06. The molecule has 1 heterocycles. The zero-order valence-corrected chi connectivity index (χ0v) is 22.7. The van der Waals surface area contributed by atoms with E-state index < -0.39 is 10.8 Å². The fraction of sp³-hybridized carbons (Fsp3) is 0.333. The molecular formula is C6H6OSY5-2. The number of hydrogen-bond acceptors (Lipinski definition) is 1. The van der Waals surface area contributed by atoms with Crippen LogP contribution in [0.5, 0.6) is 0 Å². The van der Waals surface area contributed by atoms with Crippen LogP contribution in [0.4, 0.5) is 0 Å². The molecule has 0 saturated heterocycles. The fourth-order valence-electron chi connectivity index (χ4n) is 0.457. The van der Waals surface area contributed by atoms with Gasteiger partial charge in [-0.25, -0.2) is 0 Å². The zero-order chi connectivity index (χ0) is 6.15. The molecule has 0 spiro atoms. The molecule has 1 rings (SSSR count). The van der Waals surface area contributed by atoms with Gasteiger partial charge >= 0.3 is 0 Å². The maximum Gasteiger partial charge on any atom is 0 e. The molecule has 0 amide bonds. The normalized spacial score (nSPS) is 12.8. The van der Waals surface area contributed by atoms with Gasteiger partial charge < -0.3 is 11.1 Å². The van der Waals surface area contributed by atoms with E-state index in [4.69, 9.17) is 0 Å². The predicted molar refractivity (Wildman–Crippen MR) is 33.0 cm³/mol. The molecule has 0 bridgehead atoms. The fourth-order valence-corrected chi connectivity index (χ4v) is 1.37. The second-order valence-electron chi connectivity index (χ2n) is 1.72. The van der Waals surface area contributed by atoms with Gasteiger partial charge in [0.2, 0.25) is 0 Å². The first kappa shape index (κ1) is 30.9. The van der Waals surface area contributed by atoms with Crippen molar-refractivity contribution in [2.75, 3.05) is 0 Å². The minimum Gasteiger partial charge on any atom is -0.364 e. The first-order chi connectivity index (χ1) is 3.70. The summed E-state index contributed by atoms with van der Waals surface area (Å²) in [6.07, 6.45) is 0. The molecule has 1 nitrogen and oxygen atoms in total. The van der Waals surface area contributed by atoms with Crippen LogP contribution in [0, 0.1) is 10.8 Å². The summed E-state index contributed by atoms with van der Waals surface area (Å²) in [6.45, 7) is 3.76. The molecule has 7 heteroatoms. The molecular weight excluding hydrogens is 565 g/mol. The van der Waals surface area contributed by atoms with Crippen molar-refractivity contribution in [3.05, 3.63) is 22.0 Å². The van der Waals surface area contributed by atoms with Crippen molar-refractivity contribution in [2.45, 2.75) is 13.8 Å². The van der Waals surface area contributed by atoms with Gasteiger partial charge in [-0.15, -0.1) is 13.8 Å². The summed E-state index contributed by atoms with van der Waals surface area (Å²) in [5.74, 6) is 0. The van der Waals surface area contributed by atoms with E-state index in [1.165, 1.54) is 0 Å². The molecule has 0 aromatic carbocycles. The maximum absolute atomic E-state index is 10.5. The van der Waals surface area contributed by atoms with Crippen molar-refractivity contribution in [3.63, 3.8) is 0 Å². The summed E-state index contributed by atoms with van der Waals surface area (Å²) in [6, 6.07) is 0. The van der Waals surface area contributed by atoms with Crippen LogP contribution in [0.2, 0.25) is 0 Å². The van der Waals surface area contributed by atoms with E-state index in [1.54, 1.807) is 0 Å². The van der Waals surface area contributed by atoms with Gasteiger partial charge in [-0.3, -0.25) is 15.0 Å². The van der Waals surface area contributed by atoms with Crippen LogP contribution in [0.3, 0.4) is 0 Å². The van der Waals surface area contributed by atoms with Crippen LogP contribution in [0.15, 0.2) is 11.1 Å². The first-order valence-corrected chi connectivity index (χ1v) is 3.47. The van der Waals surface area contributed by atoms with Crippen LogP contribution in [0.25, 0.3) is 0 Å². The Morgan fingerprint density at radius 2 is 1.08 bits per heavy atom. The first-order valence-electron chi connectivity index (χ1n) is 2.32. The van der Waals surface area contributed by atoms with Gasteiger partial charge in [0.1, 0.15) is 0 Å². The van der Waals surface area contributed by atoms with E-state index in [1.807, 2.05) is 13.8 Å². The molecule has 1 aliphatic rings. The number of hydrogen-bond donors (Lipinski definition) is 0. The van der Waals surface area contributed by atoms with E-state index in [9.17, 15) is 4.21 Å². The van der Waals surface area contributed by atoms with Crippen LogP contribution < -0.4 is 0 Å². The van der Waals surface area contributed by atoms with Crippen molar-refractivity contribution in [3.8, 4) is 0 Å². The summed E-state index contributed by atoms with van der Waals surface area (Å²) in [5, 5.41) is 5.41. The molecule has 59 valence electrons. The summed E-state index contributed by atoms with van der Waals surface area (Å²) >= 11 is 0. The molecule has 5 radical (unpaired) electrons. The molecule has 0 saturated carbocycles. The third kappa shape index (κ3) is 13.4. The van der Waals surface area contributed by atoms with Gasteiger partial charge in [-0.05, 0) is 0 Å². The quantitative estimate of drug-likeness (QED) is 0.400. The van der Waals surface area contributed by atoms with Crippen LogP contribution in [-0.2, 0) is 174 Å². The summed E-state index contributed by atoms with van der Waals surface area (Å²) in [4.78, 5) is 0. The van der Waals surface area contributed by atoms with Crippen LogP contribution in [0.1, 0.15) is 13.8 Å². The van der Waals surface area contributed by atoms with Gasteiger partial charge in [-0.2, -0.15) is 10.8 Å². The number of rotatable bonds is 0. The average Bonchev–Trinajstić information content (AvgIpc) is 1.85. The maximum atomic E-state index is 10.5. The summed E-state index contributed by atoms with van der Waals surface area (Å²) in [5.41, 5.74) is 1.92. The molecule has 0 aromatic heterocycles. The molecule has 0 atom stereocenters. The monoisotopic (exact) mass is 571 g/mol. The predicted octanol–water partition coefficient (Wildman–Crippen LogP) is 1.15. The van der Waals surface area contributed by atoms with Gasteiger partial charge in [0.25, 0.3) is 0 Å². The van der Waals surface area contributed by atoms with Crippen LogP contribution in [-0.4, -0.2) is 4.21 Å². The van der Waals surface area contributed by atoms with Crippen molar-refractivity contribution < 1.29 is 168 Å². The SMILES string of the molecule is CC1=[C-]S(=O)[C-]=C1C.[Y].[Y].[Y].[Y].[Y]. The second-order valence-corrected chi connectivity index (χ2v) is 2.67. The van der Waals surface area contributed by atoms with E-state index in [2.05, 4.69) is 10.8 Å². The molecule has 13 heavy (non-hydrogen) atoms. The van der Waals surface area contributed by atoms with Crippen molar-refractivity contribution in [1.82, 2.24) is 0 Å². The van der Waals surface area contributed by atoms with Crippen molar-refractivity contribution >= 4 is 10.8 Å². The van der Waals surface area contributed by atoms with E-state index >= 15 is 0 Å². The van der Waals surface area contributed by atoms with Gasteiger partial charge in [-0.1, -0.05) is 0 Å². The summed E-state index contributed by atoms with van der Waals surface area (Å²) in [7, 11) is -1.06. The minimum absolute atomic E-state index is 0. The zero-order valence-electron chi connectivity index (χ0n) is 7.70. The van der Waals surface area contributed by atoms with E-state index in [0.29, 0.717) is 0 Å². The third-order valence-corrected chi connectivity index (χ3v) is 2.04. The Labute approximate surface area is 208 Å². The Morgan fingerprint density at radius 1 is 0.846 bits per heavy atom. The van der Waals surface area contributed by atoms with Crippen molar-refractivity contribution in [1.29, 1.82) is 0 Å². The van der Waals surface area contributed by atoms with E-state index in [0.717, 1.165) is 11.1 Å². The van der Waals surface area contributed by atoms with Crippen molar-refractivity contribution in [2.24, 2.45) is 0 Å². The van der Waals surface area contributed by atoms with Crippen LogP contribution >= 0.6 is 0 Å². The molecule has 0 fully saturated rings. The Hall–Kier alpha value is 5.15. The topological polar surface area (TPSA) is 17.1 Å². The largest absolute Gasteiger partial charge is 0.364 e. The molecule has 0 aliphatic carbocycles. The third-order valence-electron chi connectivity index (χ3n) is 1.05. The van der Waals surface area contributed by atoms with Gasteiger partial charge in [0.05, 0.1) is 0 Å². The van der Waals surface area contributed by atoms with E-state index in [-0.39, 0.29) is 164 Å². The Balaban J connectivity index is -0.0000000427. The molecule has 0 N–H and O–H groups in total.